The van der Waals surface area contributed by atoms with Gasteiger partial charge in [0.25, 0.3) is 0 Å². The lowest BCUT2D eigenvalue weighted by molar-refractivity contribution is 0.0699. The molecule has 2 aromatic carbocycles. The second-order valence-corrected chi connectivity index (χ2v) is 4.91. The molecule has 5 heteroatoms. The lowest BCUT2D eigenvalue weighted by Gasteiger charge is -2.05. The van der Waals surface area contributed by atoms with Crippen molar-refractivity contribution in [1.29, 1.82) is 0 Å². The molecule has 0 aliphatic carbocycles. The minimum Gasteiger partial charge on any atom is -0.478 e. The van der Waals surface area contributed by atoms with Crippen LogP contribution in [0.1, 0.15) is 15.9 Å². The van der Waals surface area contributed by atoms with Gasteiger partial charge in [-0.1, -0.05) is 29.8 Å². The SMILES string of the molecule is O=C(O)c1cccc2c1ncn2Cc1ccc(Cl)cc1. The van der Waals surface area contributed by atoms with E-state index in [9.17, 15) is 4.79 Å². The van der Waals surface area contributed by atoms with Gasteiger partial charge in [-0.15, -0.1) is 0 Å². The van der Waals surface area contributed by atoms with E-state index in [0.717, 1.165) is 11.1 Å². The Kier molecular flexibility index (Phi) is 3.16. The van der Waals surface area contributed by atoms with Crippen LogP contribution in [-0.4, -0.2) is 20.6 Å². The highest BCUT2D eigenvalue weighted by molar-refractivity contribution is 6.30. The Labute approximate surface area is 120 Å². The summed E-state index contributed by atoms with van der Waals surface area (Å²) in [6.45, 7) is 0.622. The van der Waals surface area contributed by atoms with Crippen LogP contribution in [-0.2, 0) is 6.54 Å². The van der Waals surface area contributed by atoms with Crippen molar-refractivity contribution in [2.45, 2.75) is 6.54 Å². The third-order valence-corrected chi connectivity index (χ3v) is 3.40. The lowest BCUT2D eigenvalue weighted by Crippen LogP contribution is -2.00. The summed E-state index contributed by atoms with van der Waals surface area (Å²) in [7, 11) is 0. The zero-order chi connectivity index (χ0) is 14.1. The Bertz CT molecular complexity index is 778. The van der Waals surface area contributed by atoms with E-state index in [-0.39, 0.29) is 5.56 Å². The number of imidazole rings is 1. The van der Waals surface area contributed by atoms with Crippen LogP contribution in [0.2, 0.25) is 5.02 Å². The van der Waals surface area contributed by atoms with Gasteiger partial charge in [-0.3, -0.25) is 0 Å². The molecule has 4 nitrogen and oxygen atoms in total. The van der Waals surface area contributed by atoms with Crippen molar-refractivity contribution in [1.82, 2.24) is 9.55 Å². The van der Waals surface area contributed by atoms with E-state index in [2.05, 4.69) is 4.98 Å². The second kappa shape index (κ2) is 4.98. The molecule has 0 aliphatic heterocycles. The Hall–Kier alpha value is -2.33. The van der Waals surface area contributed by atoms with Gasteiger partial charge in [-0.2, -0.15) is 0 Å². The molecular weight excluding hydrogens is 276 g/mol. The first-order chi connectivity index (χ1) is 9.65. The van der Waals surface area contributed by atoms with Gasteiger partial charge in [-0.05, 0) is 29.8 Å². The van der Waals surface area contributed by atoms with Crippen LogP contribution in [0.4, 0.5) is 0 Å². The van der Waals surface area contributed by atoms with Crippen molar-refractivity contribution in [3.05, 3.63) is 64.9 Å². The van der Waals surface area contributed by atoms with Gasteiger partial charge in [0.05, 0.1) is 17.4 Å². The summed E-state index contributed by atoms with van der Waals surface area (Å²) in [5, 5.41) is 9.84. The zero-order valence-corrected chi connectivity index (χ0v) is 11.2. The maximum atomic E-state index is 11.2. The first kappa shape index (κ1) is 12.7. The number of rotatable bonds is 3. The lowest BCUT2D eigenvalue weighted by atomic mass is 10.2. The molecule has 20 heavy (non-hydrogen) atoms. The third-order valence-electron chi connectivity index (χ3n) is 3.15. The van der Waals surface area contributed by atoms with Crippen LogP contribution in [0.5, 0.6) is 0 Å². The van der Waals surface area contributed by atoms with Crippen LogP contribution in [0.15, 0.2) is 48.8 Å². The number of halogens is 1. The molecule has 0 saturated heterocycles. The van der Waals surface area contributed by atoms with Crippen LogP contribution in [0.25, 0.3) is 11.0 Å². The topological polar surface area (TPSA) is 55.1 Å². The van der Waals surface area contributed by atoms with Gasteiger partial charge in [0.2, 0.25) is 0 Å². The van der Waals surface area contributed by atoms with E-state index < -0.39 is 5.97 Å². The minimum atomic E-state index is -0.965. The van der Waals surface area contributed by atoms with Crippen molar-refractivity contribution in [2.24, 2.45) is 0 Å². The largest absolute Gasteiger partial charge is 0.478 e. The summed E-state index contributed by atoms with van der Waals surface area (Å²) in [5.41, 5.74) is 2.61. The number of para-hydroxylation sites is 1. The monoisotopic (exact) mass is 286 g/mol. The summed E-state index contributed by atoms with van der Waals surface area (Å²) in [5.74, 6) is -0.965. The number of fused-ring (bicyclic) bond motifs is 1. The molecule has 1 N–H and O–H groups in total. The van der Waals surface area contributed by atoms with Crippen LogP contribution < -0.4 is 0 Å². The van der Waals surface area contributed by atoms with Crippen LogP contribution in [0.3, 0.4) is 0 Å². The van der Waals surface area contributed by atoms with E-state index in [1.807, 2.05) is 34.9 Å². The Morgan fingerprint density at radius 3 is 2.65 bits per heavy atom. The molecule has 0 atom stereocenters. The van der Waals surface area contributed by atoms with E-state index in [1.165, 1.54) is 0 Å². The van der Waals surface area contributed by atoms with E-state index in [4.69, 9.17) is 16.7 Å². The Balaban J connectivity index is 2.03. The zero-order valence-electron chi connectivity index (χ0n) is 10.5. The molecule has 0 amide bonds. The Morgan fingerprint density at radius 2 is 1.95 bits per heavy atom. The van der Waals surface area contributed by atoms with Gasteiger partial charge >= 0.3 is 5.97 Å². The average Bonchev–Trinajstić information content (AvgIpc) is 2.84. The normalized spacial score (nSPS) is 10.8. The highest BCUT2D eigenvalue weighted by atomic mass is 35.5. The quantitative estimate of drug-likeness (QED) is 0.802. The van der Waals surface area contributed by atoms with E-state index in [1.54, 1.807) is 18.5 Å². The third kappa shape index (κ3) is 2.26. The molecule has 0 spiro atoms. The smallest absolute Gasteiger partial charge is 0.337 e. The highest BCUT2D eigenvalue weighted by Crippen LogP contribution is 2.19. The number of carbonyl (C=O) groups is 1. The fourth-order valence-corrected chi connectivity index (χ4v) is 2.30. The van der Waals surface area contributed by atoms with Crippen molar-refractivity contribution >= 4 is 28.6 Å². The molecule has 0 fully saturated rings. The molecule has 1 heterocycles. The van der Waals surface area contributed by atoms with Gasteiger partial charge in [0, 0.05) is 11.6 Å². The summed E-state index contributed by atoms with van der Waals surface area (Å²) in [6.07, 6.45) is 1.66. The number of carboxylic acid groups (broad SMARTS) is 1. The maximum Gasteiger partial charge on any atom is 0.337 e. The first-order valence-corrected chi connectivity index (χ1v) is 6.44. The van der Waals surface area contributed by atoms with Crippen molar-refractivity contribution < 1.29 is 9.90 Å². The van der Waals surface area contributed by atoms with Crippen LogP contribution in [0, 0.1) is 0 Å². The molecule has 0 unspecified atom stereocenters. The number of benzene rings is 2. The van der Waals surface area contributed by atoms with Gasteiger partial charge in [-0.25, -0.2) is 9.78 Å². The fourth-order valence-electron chi connectivity index (χ4n) is 2.17. The Morgan fingerprint density at radius 1 is 1.20 bits per heavy atom. The van der Waals surface area contributed by atoms with Gasteiger partial charge in [0.15, 0.2) is 0 Å². The highest BCUT2D eigenvalue weighted by Gasteiger charge is 2.12. The molecule has 100 valence electrons. The summed E-state index contributed by atoms with van der Waals surface area (Å²) >= 11 is 5.86. The number of hydrogen-bond acceptors (Lipinski definition) is 2. The minimum absolute atomic E-state index is 0.220. The molecule has 0 aliphatic rings. The predicted octanol–water partition coefficient (Wildman–Crippen LogP) is 3.44. The second-order valence-electron chi connectivity index (χ2n) is 4.48. The summed E-state index contributed by atoms with van der Waals surface area (Å²) in [4.78, 5) is 15.4. The number of nitrogens with zero attached hydrogens (tertiary/aromatic N) is 2. The molecule has 0 bridgehead atoms. The molecule has 3 rings (SSSR count). The fraction of sp³-hybridized carbons (Fsp3) is 0.0667. The summed E-state index contributed by atoms with van der Waals surface area (Å²) in [6, 6.07) is 12.7. The van der Waals surface area contributed by atoms with Gasteiger partial charge < -0.3 is 9.67 Å². The molecule has 3 aromatic rings. The average molecular weight is 287 g/mol. The molecule has 0 radical (unpaired) electrons. The van der Waals surface area contributed by atoms with Crippen molar-refractivity contribution in [2.75, 3.05) is 0 Å². The number of hydrogen-bond donors (Lipinski definition) is 1. The standard InChI is InChI=1S/C15H11ClN2O2/c16-11-6-4-10(5-7-11)8-18-9-17-14-12(15(19)20)2-1-3-13(14)18/h1-7,9H,8H2,(H,19,20). The van der Waals surface area contributed by atoms with Crippen molar-refractivity contribution in [3.63, 3.8) is 0 Å². The van der Waals surface area contributed by atoms with E-state index in [0.29, 0.717) is 17.1 Å². The number of aromatic carboxylic acids is 1. The van der Waals surface area contributed by atoms with Gasteiger partial charge in [0.1, 0.15) is 5.52 Å². The van der Waals surface area contributed by atoms with Crippen molar-refractivity contribution in [3.8, 4) is 0 Å². The molecule has 0 saturated carbocycles. The predicted molar refractivity (Wildman–Crippen MR) is 77.2 cm³/mol. The van der Waals surface area contributed by atoms with E-state index >= 15 is 0 Å². The van der Waals surface area contributed by atoms with Crippen LogP contribution >= 0.6 is 11.6 Å². The first-order valence-electron chi connectivity index (χ1n) is 6.07. The molecule has 1 aromatic heterocycles. The summed E-state index contributed by atoms with van der Waals surface area (Å²) < 4.78 is 1.92. The molecular formula is C15H11ClN2O2. The number of carboxylic acids is 1. The maximum absolute atomic E-state index is 11.2. The number of aromatic nitrogens is 2.